The normalized spacial score (nSPS) is 10.6. The van der Waals surface area contributed by atoms with Crippen LogP contribution in [0.3, 0.4) is 0 Å². The number of nitrogens with zero attached hydrogens (tertiary/aromatic N) is 2. The molecule has 0 spiro atoms. The maximum atomic E-state index is 11.9. The standard InChI is InChI=1S/C19H18ClN3O2/c20-16-10-5-4-9-15(16)13-21-17(24)11-6-12-18-22-19(23-25-18)14-7-2-1-3-8-14/h1-5,7-10H,6,11-13H2,(H,21,24). The van der Waals surface area contributed by atoms with Crippen molar-refractivity contribution in [1.82, 2.24) is 15.5 Å². The van der Waals surface area contributed by atoms with E-state index in [0.29, 0.717) is 42.5 Å². The highest BCUT2D eigenvalue weighted by atomic mass is 35.5. The van der Waals surface area contributed by atoms with E-state index in [1.54, 1.807) is 0 Å². The molecule has 0 atom stereocenters. The average Bonchev–Trinajstić information content (AvgIpc) is 3.11. The fraction of sp³-hybridized carbons (Fsp3) is 0.211. The van der Waals surface area contributed by atoms with Crippen molar-refractivity contribution in [3.63, 3.8) is 0 Å². The molecule has 0 saturated heterocycles. The molecule has 0 aliphatic heterocycles. The van der Waals surface area contributed by atoms with Gasteiger partial charge in [0.15, 0.2) is 0 Å². The van der Waals surface area contributed by atoms with Gasteiger partial charge in [-0.2, -0.15) is 4.98 Å². The lowest BCUT2D eigenvalue weighted by Crippen LogP contribution is -2.22. The lowest BCUT2D eigenvalue weighted by atomic mass is 10.2. The fourth-order valence-corrected chi connectivity index (χ4v) is 2.59. The van der Waals surface area contributed by atoms with Gasteiger partial charge in [-0.15, -0.1) is 0 Å². The maximum Gasteiger partial charge on any atom is 0.226 e. The summed E-state index contributed by atoms with van der Waals surface area (Å²) in [7, 11) is 0. The quantitative estimate of drug-likeness (QED) is 0.694. The van der Waals surface area contributed by atoms with Crippen LogP contribution in [0.15, 0.2) is 59.1 Å². The van der Waals surface area contributed by atoms with Crippen molar-refractivity contribution in [2.24, 2.45) is 0 Å². The van der Waals surface area contributed by atoms with E-state index in [4.69, 9.17) is 16.1 Å². The van der Waals surface area contributed by atoms with Gasteiger partial charge in [-0.1, -0.05) is 65.3 Å². The molecule has 0 saturated carbocycles. The SMILES string of the molecule is O=C(CCCc1nc(-c2ccccc2)no1)NCc1ccccc1Cl. The number of benzene rings is 2. The molecule has 128 valence electrons. The van der Waals surface area contributed by atoms with Gasteiger partial charge in [0.05, 0.1) is 0 Å². The second-order valence-electron chi connectivity index (χ2n) is 5.60. The summed E-state index contributed by atoms with van der Waals surface area (Å²) in [6.07, 6.45) is 1.61. The van der Waals surface area contributed by atoms with E-state index in [2.05, 4.69) is 15.5 Å². The van der Waals surface area contributed by atoms with E-state index in [0.717, 1.165) is 11.1 Å². The van der Waals surface area contributed by atoms with Crippen molar-refractivity contribution in [2.45, 2.75) is 25.8 Å². The van der Waals surface area contributed by atoms with Gasteiger partial charge in [-0.05, 0) is 18.1 Å². The molecule has 3 rings (SSSR count). The first kappa shape index (κ1) is 17.2. The van der Waals surface area contributed by atoms with Gasteiger partial charge in [-0.25, -0.2) is 0 Å². The molecule has 6 heteroatoms. The number of rotatable bonds is 7. The second-order valence-corrected chi connectivity index (χ2v) is 6.01. The molecule has 2 aromatic carbocycles. The third-order valence-electron chi connectivity index (χ3n) is 3.73. The van der Waals surface area contributed by atoms with Crippen molar-refractivity contribution >= 4 is 17.5 Å². The van der Waals surface area contributed by atoms with Gasteiger partial charge < -0.3 is 9.84 Å². The summed E-state index contributed by atoms with van der Waals surface area (Å²) >= 11 is 6.07. The number of aromatic nitrogens is 2. The highest BCUT2D eigenvalue weighted by Gasteiger charge is 2.09. The van der Waals surface area contributed by atoms with E-state index in [9.17, 15) is 4.79 Å². The fourth-order valence-electron chi connectivity index (χ4n) is 2.39. The Morgan fingerprint density at radius 3 is 2.64 bits per heavy atom. The maximum absolute atomic E-state index is 11.9. The van der Waals surface area contributed by atoms with Crippen molar-refractivity contribution in [1.29, 1.82) is 0 Å². The van der Waals surface area contributed by atoms with Crippen LogP contribution in [0, 0.1) is 0 Å². The number of carbonyl (C=O) groups excluding carboxylic acids is 1. The third kappa shape index (κ3) is 4.90. The highest BCUT2D eigenvalue weighted by Crippen LogP contribution is 2.16. The van der Waals surface area contributed by atoms with Gasteiger partial charge in [0.1, 0.15) is 0 Å². The van der Waals surface area contributed by atoms with Crippen LogP contribution < -0.4 is 5.32 Å². The van der Waals surface area contributed by atoms with E-state index in [1.165, 1.54) is 0 Å². The summed E-state index contributed by atoms with van der Waals surface area (Å²) in [5.41, 5.74) is 1.82. The first-order chi connectivity index (χ1) is 12.2. The van der Waals surface area contributed by atoms with Crippen LogP contribution in [0.5, 0.6) is 0 Å². The smallest absolute Gasteiger partial charge is 0.226 e. The molecule has 0 aliphatic carbocycles. The van der Waals surface area contributed by atoms with E-state index in [1.807, 2.05) is 54.6 Å². The van der Waals surface area contributed by atoms with E-state index < -0.39 is 0 Å². The molecular formula is C19H18ClN3O2. The number of aryl methyl sites for hydroxylation is 1. The van der Waals surface area contributed by atoms with Crippen molar-refractivity contribution in [2.75, 3.05) is 0 Å². The molecule has 0 bridgehead atoms. The summed E-state index contributed by atoms with van der Waals surface area (Å²) in [4.78, 5) is 16.3. The summed E-state index contributed by atoms with van der Waals surface area (Å²) in [6, 6.07) is 17.1. The van der Waals surface area contributed by atoms with Crippen LogP contribution in [0.25, 0.3) is 11.4 Å². The van der Waals surface area contributed by atoms with Crippen LogP contribution in [0.1, 0.15) is 24.3 Å². The van der Waals surface area contributed by atoms with E-state index in [-0.39, 0.29) is 5.91 Å². The minimum absolute atomic E-state index is 0.0253. The van der Waals surface area contributed by atoms with Gasteiger partial charge in [0.25, 0.3) is 0 Å². The summed E-state index contributed by atoms with van der Waals surface area (Å²) < 4.78 is 5.24. The molecule has 0 radical (unpaired) electrons. The van der Waals surface area contributed by atoms with Gasteiger partial charge >= 0.3 is 0 Å². The first-order valence-corrected chi connectivity index (χ1v) is 8.48. The zero-order valence-corrected chi connectivity index (χ0v) is 14.4. The monoisotopic (exact) mass is 355 g/mol. The molecule has 0 fully saturated rings. The number of carbonyl (C=O) groups is 1. The lowest BCUT2D eigenvalue weighted by Gasteiger charge is -2.06. The average molecular weight is 356 g/mol. The molecule has 1 aromatic heterocycles. The zero-order valence-electron chi connectivity index (χ0n) is 13.6. The largest absolute Gasteiger partial charge is 0.352 e. The Labute approximate surface area is 151 Å². The number of amides is 1. The van der Waals surface area contributed by atoms with Gasteiger partial charge in [-0.3, -0.25) is 4.79 Å². The van der Waals surface area contributed by atoms with Crippen molar-refractivity contribution < 1.29 is 9.32 Å². The Morgan fingerprint density at radius 2 is 1.84 bits per heavy atom. The van der Waals surface area contributed by atoms with Crippen LogP contribution in [-0.4, -0.2) is 16.0 Å². The third-order valence-corrected chi connectivity index (χ3v) is 4.10. The molecule has 1 heterocycles. The Balaban J connectivity index is 1.43. The second kappa shape index (κ2) is 8.44. The number of halogens is 1. The van der Waals surface area contributed by atoms with Gasteiger partial charge in [0.2, 0.25) is 17.6 Å². The van der Waals surface area contributed by atoms with Crippen LogP contribution in [0.2, 0.25) is 5.02 Å². The molecule has 0 unspecified atom stereocenters. The highest BCUT2D eigenvalue weighted by molar-refractivity contribution is 6.31. The Hall–Kier alpha value is -2.66. The van der Waals surface area contributed by atoms with E-state index >= 15 is 0 Å². The molecular weight excluding hydrogens is 338 g/mol. The molecule has 3 aromatic rings. The Bertz CT molecular complexity index is 833. The number of nitrogens with one attached hydrogen (secondary N) is 1. The molecule has 25 heavy (non-hydrogen) atoms. The number of hydrogen-bond donors (Lipinski definition) is 1. The topological polar surface area (TPSA) is 68.0 Å². The van der Waals surface area contributed by atoms with Crippen LogP contribution in [-0.2, 0) is 17.8 Å². The van der Waals surface area contributed by atoms with Crippen molar-refractivity contribution in [3.05, 3.63) is 71.1 Å². The minimum atomic E-state index is -0.0253. The molecule has 0 aliphatic rings. The van der Waals surface area contributed by atoms with Gasteiger partial charge in [0, 0.05) is 30.0 Å². The molecule has 1 N–H and O–H groups in total. The summed E-state index contributed by atoms with van der Waals surface area (Å²) in [6.45, 7) is 0.428. The lowest BCUT2D eigenvalue weighted by molar-refractivity contribution is -0.121. The summed E-state index contributed by atoms with van der Waals surface area (Å²) in [5.74, 6) is 1.08. The minimum Gasteiger partial charge on any atom is -0.352 e. The van der Waals surface area contributed by atoms with Crippen molar-refractivity contribution in [3.8, 4) is 11.4 Å². The summed E-state index contributed by atoms with van der Waals surface area (Å²) in [5, 5.41) is 7.49. The van der Waals surface area contributed by atoms with Crippen LogP contribution >= 0.6 is 11.6 Å². The zero-order chi connectivity index (χ0) is 17.5. The predicted molar refractivity (Wildman–Crippen MR) is 96.0 cm³/mol. The first-order valence-electron chi connectivity index (χ1n) is 8.10. The Morgan fingerprint density at radius 1 is 1.08 bits per heavy atom. The van der Waals surface area contributed by atoms with Crippen LogP contribution in [0.4, 0.5) is 0 Å². The number of hydrogen-bond acceptors (Lipinski definition) is 4. The molecule has 5 nitrogen and oxygen atoms in total. The molecule has 1 amide bonds. The Kier molecular flexibility index (Phi) is 5.80. The predicted octanol–water partition coefficient (Wildman–Crippen LogP) is 4.03.